The van der Waals surface area contributed by atoms with Crippen LogP contribution in [0.5, 0.6) is 0 Å². The summed E-state index contributed by atoms with van der Waals surface area (Å²) in [4.78, 5) is 32.5. The highest BCUT2D eigenvalue weighted by Gasteiger charge is 2.23. The Kier molecular flexibility index (Phi) is 8.49. The van der Waals surface area contributed by atoms with Crippen molar-refractivity contribution in [3.8, 4) is 0 Å². The zero-order valence-electron chi connectivity index (χ0n) is 21.9. The van der Waals surface area contributed by atoms with Gasteiger partial charge < -0.3 is 14.8 Å². The number of carbonyl (C=O) groups is 2. The maximum atomic E-state index is 13.5. The number of nitrogens with zero attached hydrogens (tertiary/aromatic N) is 3. The van der Waals surface area contributed by atoms with Gasteiger partial charge >= 0.3 is 0 Å². The molecular formula is C32H36N4O2. The Morgan fingerprint density at radius 3 is 2.53 bits per heavy atom. The molecule has 1 aliphatic heterocycles. The van der Waals surface area contributed by atoms with Gasteiger partial charge in [0.15, 0.2) is 0 Å². The summed E-state index contributed by atoms with van der Waals surface area (Å²) in [5, 5.41) is 3.05. The second-order valence-corrected chi connectivity index (χ2v) is 10.0. The Morgan fingerprint density at radius 2 is 1.63 bits per heavy atom. The van der Waals surface area contributed by atoms with Crippen molar-refractivity contribution < 1.29 is 9.59 Å². The van der Waals surface area contributed by atoms with E-state index in [0.29, 0.717) is 19.5 Å². The van der Waals surface area contributed by atoms with E-state index in [1.165, 1.54) is 11.1 Å². The molecule has 2 heterocycles. The van der Waals surface area contributed by atoms with Gasteiger partial charge in [-0.05, 0) is 61.4 Å². The summed E-state index contributed by atoms with van der Waals surface area (Å²) in [6, 6.07) is 26.4. The molecule has 0 fully saturated rings. The van der Waals surface area contributed by atoms with E-state index in [0.717, 1.165) is 74.0 Å². The predicted octanol–water partition coefficient (Wildman–Crippen LogP) is 5.48. The fourth-order valence-corrected chi connectivity index (χ4v) is 5.31. The minimum Gasteiger partial charge on any atom is -0.356 e. The van der Waals surface area contributed by atoms with E-state index in [4.69, 9.17) is 4.98 Å². The van der Waals surface area contributed by atoms with Crippen LogP contribution < -0.4 is 10.2 Å². The number of benzene rings is 3. The van der Waals surface area contributed by atoms with Gasteiger partial charge in [-0.25, -0.2) is 4.98 Å². The number of para-hydroxylation sites is 3. The van der Waals surface area contributed by atoms with Gasteiger partial charge in [-0.2, -0.15) is 0 Å². The van der Waals surface area contributed by atoms with Crippen LogP contribution in [0, 0.1) is 0 Å². The van der Waals surface area contributed by atoms with Crippen molar-refractivity contribution in [2.75, 3.05) is 18.0 Å². The number of rotatable bonds is 11. The van der Waals surface area contributed by atoms with Crippen LogP contribution in [0.1, 0.15) is 49.1 Å². The first kappa shape index (κ1) is 25.7. The molecule has 2 amide bonds. The third-order valence-corrected chi connectivity index (χ3v) is 7.32. The fourth-order valence-electron chi connectivity index (χ4n) is 5.31. The van der Waals surface area contributed by atoms with Crippen LogP contribution in [-0.2, 0) is 35.4 Å². The third-order valence-electron chi connectivity index (χ3n) is 7.32. The molecule has 1 aliphatic rings. The Labute approximate surface area is 224 Å². The van der Waals surface area contributed by atoms with Crippen molar-refractivity contribution in [1.29, 1.82) is 0 Å². The highest BCUT2D eigenvalue weighted by molar-refractivity contribution is 5.95. The minimum absolute atomic E-state index is 0.105. The lowest BCUT2D eigenvalue weighted by Gasteiger charge is -2.29. The standard InChI is InChI=1S/C32H36N4O2/c37-31(21-20-25-12-3-1-4-13-25)33-22-10-2-5-19-30-34-27-16-7-9-18-29(27)36(30)24-32(38)35-23-11-15-26-14-6-8-17-28(26)35/h1,3-4,6-9,12-14,16-18H,2,5,10-11,15,19-24H2,(H,33,37). The largest absolute Gasteiger partial charge is 0.356 e. The first-order valence-electron chi connectivity index (χ1n) is 13.8. The molecule has 3 aromatic carbocycles. The number of aryl methyl sites for hydroxylation is 3. The van der Waals surface area contributed by atoms with E-state index >= 15 is 0 Å². The monoisotopic (exact) mass is 508 g/mol. The van der Waals surface area contributed by atoms with E-state index in [1.54, 1.807) is 0 Å². The van der Waals surface area contributed by atoms with Gasteiger partial charge in [0, 0.05) is 31.6 Å². The zero-order valence-corrected chi connectivity index (χ0v) is 21.9. The molecule has 6 heteroatoms. The van der Waals surface area contributed by atoms with Crippen LogP contribution in [0.4, 0.5) is 5.69 Å². The molecule has 0 saturated heterocycles. The molecular weight excluding hydrogens is 472 g/mol. The first-order chi connectivity index (χ1) is 18.7. The molecule has 196 valence electrons. The van der Waals surface area contributed by atoms with E-state index in [-0.39, 0.29) is 11.8 Å². The molecule has 4 aromatic rings. The summed E-state index contributed by atoms with van der Waals surface area (Å²) in [6.07, 6.45) is 6.99. The maximum Gasteiger partial charge on any atom is 0.246 e. The second kappa shape index (κ2) is 12.5. The normalized spacial score (nSPS) is 12.9. The van der Waals surface area contributed by atoms with E-state index in [2.05, 4.69) is 34.1 Å². The average molecular weight is 509 g/mol. The zero-order chi connectivity index (χ0) is 26.2. The number of carbonyl (C=O) groups excluding carboxylic acids is 2. The van der Waals surface area contributed by atoms with Gasteiger partial charge in [-0.15, -0.1) is 0 Å². The van der Waals surface area contributed by atoms with Crippen LogP contribution in [0.2, 0.25) is 0 Å². The summed E-state index contributed by atoms with van der Waals surface area (Å²) < 4.78 is 2.10. The van der Waals surface area contributed by atoms with Crippen molar-refractivity contribution >= 4 is 28.5 Å². The molecule has 0 spiro atoms. The molecule has 1 N–H and O–H groups in total. The lowest BCUT2D eigenvalue weighted by Crippen LogP contribution is -2.38. The number of aromatic nitrogens is 2. The number of hydrogen-bond donors (Lipinski definition) is 1. The van der Waals surface area contributed by atoms with E-state index in [9.17, 15) is 9.59 Å². The van der Waals surface area contributed by atoms with Crippen LogP contribution in [0.15, 0.2) is 78.9 Å². The third kappa shape index (κ3) is 6.31. The Morgan fingerprint density at radius 1 is 0.842 bits per heavy atom. The van der Waals surface area contributed by atoms with E-state index in [1.807, 2.05) is 59.5 Å². The molecule has 0 atom stereocenters. The molecule has 0 aliphatic carbocycles. The van der Waals surface area contributed by atoms with Crippen LogP contribution in [0.25, 0.3) is 11.0 Å². The van der Waals surface area contributed by atoms with Crippen LogP contribution in [0.3, 0.4) is 0 Å². The highest BCUT2D eigenvalue weighted by atomic mass is 16.2. The van der Waals surface area contributed by atoms with Crippen molar-refractivity contribution in [3.05, 3.63) is 95.8 Å². The molecule has 1 aromatic heterocycles. The average Bonchev–Trinajstić information content (AvgIpc) is 3.30. The van der Waals surface area contributed by atoms with Crippen molar-refractivity contribution in [3.63, 3.8) is 0 Å². The summed E-state index contributed by atoms with van der Waals surface area (Å²) in [6.45, 7) is 1.74. The van der Waals surface area contributed by atoms with Gasteiger partial charge in [0.2, 0.25) is 11.8 Å². The van der Waals surface area contributed by atoms with Gasteiger partial charge in [0.05, 0.1) is 11.0 Å². The predicted molar refractivity (Wildman–Crippen MR) is 152 cm³/mol. The summed E-state index contributed by atoms with van der Waals surface area (Å²) in [5.74, 6) is 1.17. The molecule has 5 rings (SSSR count). The Hall–Kier alpha value is -3.93. The van der Waals surface area contributed by atoms with Crippen molar-refractivity contribution in [2.45, 2.75) is 57.9 Å². The Balaban J connectivity index is 1.14. The number of anilines is 1. The van der Waals surface area contributed by atoms with Crippen LogP contribution in [-0.4, -0.2) is 34.5 Å². The fraction of sp³-hybridized carbons (Fsp3) is 0.344. The smallest absolute Gasteiger partial charge is 0.246 e. The SMILES string of the molecule is O=C(CCc1ccccc1)NCCCCCc1nc2ccccc2n1CC(=O)N1CCCc2ccccc21. The minimum atomic E-state index is 0.105. The quantitative estimate of drug-likeness (QED) is 0.273. The van der Waals surface area contributed by atoms with Crippen molar-refractivity contribution in [1.82, 2.24) is 14.9 Å². The maximum absolute atomic E-state index is 13.5. The summed E-state index contributed by atoms with van der Waals surface area (Å²) >= 11 is 0. The van der Waals surface area contributed by atoms with Gasteiger partial charge in [0.25, 0.3) is 0 Å². The van der Waals surface area contributed by atoms with Gasteiger partial charge in [0.1, 0.15) is 12.4 Å². The molecule has 0 saturated carbocycles. The molecule has 6 nitrogen and oxygen atoms in total. The topological polar surface area (TPSA) is 67.2 Å². The number of fused-ring (bicyclic) bond motifs is 2. The number of amides is 2. The van der Waals surface area contributed by atoms with Crippen molar-refractivity contribution in [2.24, 2.45) is 0 Å². The van der Waals surface area contributed by atoms with E-state index < -0.39 is 0 Å². The molecule has 38 heavy (non-hydrogen) atoms. The van der Waals surface area contributed by atoms with Crippen LogP contribution >= 0.6 is 0 Å². The number of hydrogen-bond acceptors (Lipinski definition) is 3. The highest BCUT2D eigenvalue weighted by Crippen LogP contribution is 2.27. The molecule has 0 unspecified atom stereocenters. The summed E-state index contributed by atoms with van der Waals surface area (Å²) in [7, 11) is 0. The second-order valence-electron chi connectivity index (χ2n) is 10.0. The number of unbranched alkanes of at least 4 members (excludes halogenated alkanes) is 2. The molecule has 0 bridgehead atoms. The summed E-state index contributed by atoms with van der Waals surface area (Å²) in [5.41, 5.74) is 5.41. The van der Waals surface area contributed by atoms with Gasteiger partial charge in [-0.1, -0.05) is 67.1 Å². The lowest BCUT2D eigenvalue weighted by molar-refractivity contribution is -0.121. The Bertz CT molecular complexity index is 1380. The molecule has 0 radical (unpaired) electrons. The number of imidazole rings is 1. The first-order valence-corrected chi connectivity index (χ1v) is 13.8. The lowest BCUT2D eigenvalue weighted by atomic mass is 10.0. The van der Waals surface area contributed by atoms with Gasteiger partial charge in [-0.3, -0.25) is 9.59 Å². The number of nitrogens with one attached hydrogen (secondary N) is 1.